The number of hydrogen-bond acceptors (Lipinski definition) is 1. The summed E-state index contributed by atoms with van der Waals surface area (Å²) in [5, 5.41) is 0.527. The molecule has 0 heterocycles. The molecule has 0 aliphatic rings. The van der Waals surface area contributed by atoms with Crippen LogP contribution >= 0.6 is 15.9 Å². The van der Waals surface area contributed by atoms with Gasteiger partial charge in [-0.15, -0.1) is 0 Å². The van der Waals surface area contributed by atoms with Gasteiger partial charge in [-0.3, -0.25) is 0 Å². The highest BCUT2D eigenvalue weighted by atomic mass is 79.9. The van der Waals surface area contributed by atoms with Crippen molar-refractivity contribution in [3.63, 3.8) is 0 Å². The molecule has 1 aromatic carbocycles. The van der Waals surface area contributed by atoms with Crippen molar-refractivity contribution in [2.24, 2.45) is 0 Å². The maximum absolute atomic E-state index is 13.5. The largest absolute Gasteiger partial charge is 0.375 e. The zero-order valence-corrected chi connectivity index (χ0v) is 10.2. The van der Waals surface area contributed by atoms with Gasteiger partial charge in [-0.25, -0.2) is 8.78 Å². The molecule has 15 heavy (non-hydrogen) atoms. The number of hydrogen-bond donors (Lipinski definition) is 0. The van der Waals surface area contributed by atoms with Gasteiger partial charge in [0.15, 0.2) is 11.6 Å². The summed E-state index contributed by atoms with van der Waals surface area (Å²) >= 11 is 3.24. The van der Waals surface area contributed by atoms with Crippen molar-refractivity contribution in [1.29, 1.82) is 0 Å². The molecule has 4 heteroatoms. The van der Waals surface area contributed by atoms with E-state index >= 15 is 0 Å². The smallest absolute Gasteiger partial charge is 0.182 e. The van der Waals surface area contributed by atoms with Crippen LogP contribution in [0.4, 0.5) is 14.5 Å². The highest BCUT2D eigenvalue weighted by Crippen LogP contribution is 2.30. The molecule has 0 bridgehead atoms. The van der Waals surface area contributed by atoms with Gasteiger partial charge in [0.2, 0.25) is 0 Å². The van der Waals surface area contributed by atoms with E-state index < -0.39 is 11.6 Å². The van der Waals surface area contributed by atoms with Crippen molar-refractivity contribution in [1.82, 2.24) is 0 Å². The van der Waals surface area contributed by atoms with E-state index in [0.29, 0.717) is 10.9 Å². The number of halogens is 3. The molecular formula is C11H12BrF2N. The van der Waals surface area contributed by atoms with E-state index in [1.165, 1.54) is 6.07 Å². The molecule has 1 nitrogen and oxygen atoms in total. The normalized spacial score (nSPS) is 10.2. The molecule has 0 N–H and O–H groups in total. The monoisotopic (exact) mass is 275 g/mol. The fourth-order valence-corrected chi connectivity index (χ4v) is 1.64. The van der Waals surface area contributed by atoms with Crippen LogP contribution in [-0.2, 0) is 0 Å². The fraction of sp³-hybridized carbons (Fsp3) is 0.273. The van der Waals surface area contributed by atoms with E-state index in [0.717, 1.165) is 11.6 Å². The predicted molar refractivity (Wildman–Crippen MR) is 63.5 cm³/mol. The Morgan fingerprint density at radius 2 is 2.00 bits per heavy atom. The Labute approximate surface area is 96.5 Å². The van der Waals surface area contributed by atoms with E-state index in [1.54, 1.807) is 19.0 Å². The molecule has 1 rings (SSSR count). The molecule has 0 fully saturated rings. The van der Waals surface area contributed by atoms with Crippen LogP contribution in [0.3, 0.4) is 0 Å². The minimum Gasteiger partial charge on any atom is -0.375 e. The van der Waals surface area contributed by atoms with E-state index in [4.69, 9.17) is 0 Å². The Bertz CT molecular complexity index is 388. The Morgan fingerprint density at radius 1 is 1.40 bits per heavy atom. The van der Waals surface area contributed by atoms with E-state index in [1.807, 2.05) is 0 Å². The highest BCUT2D eigenvalue weighted by Gasteiger charge is 2.16. The third-order valence-corrected chi connectivity index (χ3v) is 2.74. The average Bonchev–Trinajstić information content (AvgIpc) is 2.20. The molecule has 0 aliphatic carbocycles. The van der Waals surface area contributed by atoms with Crippen LogP contribution < -0.4 is 4.90 Å². The van der Waals surface area contributed by atoms with E-state index in [2.05, 4.69) is 22.5 Å². The molecule has 0 aliphatic heterocycles. The number of allylic oxidation sites excluding steroid dienone is 1. The number of nitrogens with zero attached hydrogens (tertiary/aromatic N) is 1. The minimum atomic E-state index is -0.843. The summed E-state index contributed by atoms with van der Waals surface area (Å²) in [5.74, 6) is -1.68. The van der Waals surface area contributed by atoms with Gasteiger partial charge >= 0.3 is 0 Å². The summed E-state index contributed by atoms with van der Waals surface area (Å²) in [6.07, 6.45) is 0. The van der Waals surface area contributed by atoms with Crippen LogP contribution in [0.1, 0.15) is 5.56 Å². The number of alkyl halides is 1. The average molecular weight is 276 g/mol. The number of rotatable bonds is 3. The van der Waals surface area contributed by atoms with Crippen LogP contribution in [0, 0.1) is 11.6 Å². The second-order valence-corrected chi connectivity index (χ2v) is 3.95. The summed E-state index contributed by atoms with van der Waals surface area (Å²) in [6, 6.07) is 2.66. The lowest BCUT2D eigenvalue weighted by Gasteiger charge is -2.19. The number of anilines is 1. The summed E-state index contributed by atoms with van der Waals surface area (Å²) in [6.45, 7) is 3.79. The molecule has 0 aromatic heterocycles. The molecule has 82 valence electrons. The van der Waals surface area contributed by atoms with Gasteiger partial charge in [0.1, 0.15) is 0 Å². The van der Waals surface area contributed by atoms with Crippen LogP contribution in [0.25, 0.3) is 5.57 Å². The van der Waals surface area contributed by atoms with Crippen molar-refractivity contribution >= 4 is 27.2 Å². The van der Waals surface area contributed by atoms with Crippen molar-refractivity contribution < 1.29 is 8.78 Å². The lowest BCUT2D eigenvalue weighted by Crippen LogP contribution is -2.14. The van der Waals surface area contributed by atoms with Gasteiger partial charge in [-0.05, 0) is 17.7 Å². The number of benzene rings is 1. The second-order valence-electron chi connectivity index (χ2n) is 3.39. The molecule has 0 atom stereocenters. The first-order chi connectivity index (χ1) is 6.99. The first-order valence-electron chi connectivity index (χ1n) is 4.38. The van der Waals surface area contributed by atoms with Gasteiger partial charge in [-0.1, -0.05) is 22.5 Å². The summed E-state index contributed by atoms with van der Waals surface area (Å²) in [4.78, 5) is 1.54. The lowest BCUT2D eigenvalue weighted by atomic mass is 10.1. The van der Waals surface area contributed by atoms with Crippen molar-refractivity contribution in [3.8, 4) is 0 Å². The van der Waals surface area contributed by atoms with Gasteiger partial charge in [-0.2, -0.15) is 0 Å². The van der Waals surface area contributed by atoms with Gasteiger partial charge < -0.3 is 4.90 Å². The van der Waals surface area contributed by atoms with Crippen LogP contribution in [0.15, 0.2) is 18.7 Å². The SMILES string of the molecule is C=C(CBr)c1ccc(F)c(F)c1N(C)C. The quantitative estimate of drug-likeness (QED) is 0.764. The predicted octanol–water partition coefficient (Wildman–Crippen LogP) is 3.44. The molecule has 0 amide bonds. The van der Waals surface area contributed by atoms with Crippen LogP contribution in [0.5, 0.6) is 0 Å². The Balaban J connectivity index is 3.40. The summed E-state index contributed by atoms with van der Waals surface area (Å²) < 4.78 is 26.6. The van der Waals surface area contributed by atoms with Gasteiger partial charge in [0, 0.05) is 25.0 Å². The maximum Gasteiger partial charge on any atom is 0.182 e. The first kappa shape index (κ1) is 12.2. The molecule has 0 radical (unpaired) electrons. The van der Waals surface area contributed by atoms with Crippen LogP contribution in [-0.4, -0.2) is 19.4 Å². The van der Waals surface area contributed by atoms with Gasteiger partial charge in [0.25, 0.3) is 0 Å². The van der Waals surface area contributed by atoms with E-state index in [-0.39, 0.29) is 5.69 Å². The highest BCUT2D eigenvalue weighted by molar-refractivity contribution is 9.09. The Morgan fingerprint density at radius 3 is 2.47 bits per heavy atom. The molecule has 0 saturated carbocycles. The zero-order chi connectivity index (χ0) is 11.6. The minimum absolute atomic E-state index is 0.236. The Hall–Kier alpha value is -0.900. The second kappa shape index (κ2) is 4.75. The van der Waals surface area contributed by atoms with Crippen LogP contribution in [0.2, 0.25) is 0 Å². The van der Waals surface area contributed by atoms with Crippen molar-refractivity contribution in [3.05, 3.63) is 35.9 Å². The van der Waals surface area contributed by atoms with Crippen molar-refractivity contribution in [2.75, 3.05) is 24.3 Å². The molecule has 0 unspecified atom stereocenters. The third kappa shape index (κ3) is 2.37. The molecule has 1 aromatic rings. The maximum atomic E-state index is 13.5. The topological polar surface area (TPSA) is 3.24 Å². The van der Waals surface area contributed by atoms with Crippen molar-refractivity contribution in [2.45, 2.75) is 0 Å². The van der Waals surface area contributed by atoms with E-state index in [9.17, 15) is 8.78 Å². The third-order valence-electron chi connectivity index (χ3n) is 2.06. The summed E-state index contributed by atoms with van der Waals surface area (Å²) in [5.41, 5.74) is 1.58. The lowest BCUT2D eigenvalue weighted by molar-refractivity contribution is 0.508. The standard InChI is InChI=1S/C11H12BrF2N/c1-7(6-12)8-4-5-9(13)10(14)11(8)15(2)3/h4-5H,1,6H2,2-3H3. The zero-order valence-electron chi connectivity index (χ0n) is 8.65. The molecule has 0 saturated heterocycles. The molecular weight excluding hydrogens is 264 g/mol. The fourth-order valence-electron chi connectivity index (χ4n) is 1.33. The first-order valence-corrected chi connectivity index (χ1v) is 5.50. The molecule has 0 spiro atoms. The Kier molecular flexibility index (Phi) is 3.85. The summed E-state index contributed by atoms with van der Waals surface area (Å²) in [7, 11) is 3.34. The van der Waals surface area contributed by atoms with Gasteiger partial charge in [0.05, 0.1) is 5.69 Å².